The molecule has 70 heavy (non-hydrogen) atoms. The first kappa shape index (κ1) is 42.6. The maximum Gasteiger partial charge on any atom is 0.252 e. The third-order valence-electron chi connectivity index (χ3n) is 14.6. The van der Waals surface area contributed by atoms with Crippen LogP contribution < -0.4 is 52.4 Å². The number of halogens is 4. The van der Waals surface area contributed by atoms with E-state index in [4.69, 9.17) is 0 Å². The lowest BCUT2D eigenvalue weighted by molar-refractivity contribution is 0.918. The summed E-state index contributed by atoms with van der Waals surface area (Å²) in [5, 5.41) is 0. The molecule has 1 aliphatic carbocycles. The lowest BCUT2D eigenvalue weighted by atomic mass is 9.33. The van der Waals surface area contributed by atoms with Crippen molar-refractivity contribution in [2.75, 3.05) is 19.6 Å². The van der Waals surface area contributed by atoms with E-state index in [2.05, 4.69) is 290 Å². The second-order valence-corrected chi connectivity index (χ2v) is 22.2. The summed E-state index contributed by atoms with van der Waals surface area (Å²) in [7, 11) is 0. The van der Waals surface area contributed by atoms with Crippen LogP contribution >= 0.6 is 63.7 Å². The van der Waals surface area contributed by atoms with Crippen LogP contribution in [0.3, 0.4) is 0 Å². The largest absolute Gasteiger partial charge is 0.315 e. The van der Waals surface area contributed by atoms with E-state index in [1.807, 2.05) is 0 Å². The highest BCUT2D eigenvalue weighted by molar-refractivity contribution is 9.11. The van der Waals surface area contributed by atoms with E-state index in [-0.39, 0.29) is 13.4 Å². The molecule has 0 unspecified atom stereocenters. The lowest BCUT2D eigenvalue weighted by Crippen LogP contribution is -2.61. The zero-order chi connectivity index (χ0) is 46.8. The predicted octanol–water partition coefficient (Wildman–Crippen LogP) is 14.5. The molecule has 0 aromatic heterocycles. The molecule has 0 amide bonds. The van der Waals surface area contributed by atoms with E-state index in [0.717, 1.165) is 81.7 Å². The molecule has 14 rings (SSSR count). The summed E-state index contributed by atoms with van der Waals surface area (Å²) in [4.78, 5) is 10.1. The average molecular weight is 1160 g/mol. The number of para-hydroxylation sites is 3. The highest BCUT2D eigenvalue weighted by Gasteiger charge is 2.46. The Hall–Kier alpha value is -6.29. The van der Waals surface area contributed by atoms with Crippen LogP contribution in [-0.2, 0) is 0 Å². The molecule has 0 saturated heterocycles. The van der Waals surface area contributed by atoms with Crippen molar-refractivity contribution in [3.8, 4) is 11.1 Å². The van der Waals surface area contributed by atoms with Gasteiger partial charge in [0.15, 0.2) is 0 Å². The zero-order valence-corrected chi connectivity index (χ0v) is 43.8. The fourth-order valence-electron chi connectivity index (χ4n) is 11.9. The Morgan fingerprint density at radius 1 is 0.343 bits per heavy atom. The molecular weight excluding hydrogens is 1120 g/mol. The highest BCUT2D eigenvalue weighted by atomic mass is 79.9. The Morgan fingerprint density at radius 2 is 0.671 bits per heavy atom. The van der Waals surface area contributed by atoms with Gasteiger partial charge < -0.3 is 19.6 Å². The number of rotatable bonds is 5. The van der Waals surface area contributed by atoms with Crippen LogP contribution in [0.15, 0.2) is 230 Å². The van der Waals surface area contributed by atoms with Crippen LogP contribution in [0.5, 0.6) is 0 Å². The molecule has 5 aliphatic rings. The number of hydrogen-bond donors (Lipinski definition) is 0. The SMILES string of the molecule is Brc1ccc2c(c1)N(C1=CC=CCC1)c1cc(-c3cc4c5c(c3)N(c3ccccc3)c3cc(Br)ccc3B5c3ccc(Br)cc3N4c3ccccc3)cc3c1B2c1ccc(Br)cc1N3c1ccccc1. The summed E-state index contributed by atoms with van der Waals surface area (Å²) < 4.78 is 4.19. The maximum absolute atomic E-state index is 3.94. The minimum atomic E-state index is -0.0177. The van der Waals surface area contributed by atoms with Crippen LogP contribution in [0.4, 0.5) is 62.6 Å². The van der Waals surface area contributed by atoms with Gasteiger partial charge in [-0.1, -0.05) is 155 Å². The van der Waals surface area contributed by atoms with Crippen molar-refractivity contribution < 1.29 is 0 Å². The molecule has 0 fully saturated rings. The summed E-state index contributed by atoms with van der Waals surface area (Å²) in [6, 6.07) is 70.0. The van der Waals surface area contributed by atoms with Crippen LogP contribution in [0.2, 0.25) is 0 Å². The van der Waals surface area contributed by atoms with E-state index >= 15 is 0 Å². The molecule has 0 N–H and O–H groups in total. The molecule has 332 valence electrons. The first-order valence-electron chi connectivity index (χ1n) is 23.6. The molecule has 0 spiro atoms. The van der Waals surface area contributed by atoms with Gasteiger partial charge in [0.1, 0.15) is 0 Å². The second-order valence-electron chi connectivity index (χ2n) is 18.5. The van der Waals surface area contributed by atoms with Crippen molar-refractivity contribution in [1.29, 1.82) is 0 Å². The molecule has 0 bridgehead atoms. The molecule has 9 aromatic carbocycles. The number of nitrogens with zero attached hydrogens (tertiary/aromatic N) is 4. The third kappa shape index (κ3) is 6.59. The van der Waals surface area contributed by atoms with Gasteiger partial charge in [0, 0.05) is 86.1 Å². The van der Waals surface area contributed by atoms with Gasteiger partial charge in [-0.3, -0.25) is 0 Å². The first-order chi connectivity index (χ1) is 34.4. The van der Waals surface area contributed by atoms with Crippen LogP contribution in [0, 0.1) is 0 Å². The summed E-state index contributed by atoms with van der Waals surface area (Å²) in [6.45, 7) is -0.0189. The maximum atomic E-state index is 3.94. The van der Waals surface area contributed by atoms with Gasteiger partial charge in [-0.2, -0.15) is 0 Å². The molecule has 9 aromatic rings. The van der Waals surface area contributed by atoms with Crippen molar-refractivity contribution in [1.82, 2.24) is 0 Å². The van der Waals surface area contributed by atoms with E-state index in [0.29, 0.717) is 0 Å². The predicted molar refractivity (Wildman–Crippen MR) is 311 cm³/mol. The van der Waals surface area contributed by atoms with Gasteiger partial charge >= 0.3 is 0 Å². The van der Waals surface area contributed by atoms with Gasteiger partial charge in [-0.15, -0.1) is 0 Å². The molecule has 4 heterocycles. The van der Waals surface area contributed by atoms with Gasteiger partial charge in [0.25, 0.3) is 13.4 Å². The molecule has 0 saturated carbocycles. The average Bonchev–Trinajstić information content (AvgIpc) is 3.39. The molecule has 0 radical (unpaired) electrons. The number of anilines is 11. The fraction of sp³-hybridized carbons (Fsp3) is 0.0333. The summed E-state index contributed by atoms with van der Waals surface area (Å²) in [6.07, 6.45) is 8.75. The first-order valence-corrected chi connectivity index (χ1v) is 26.8. The Morgan fingerprint density at radius 3 is 1.00 bits per heavy atom. The van der Waals surface area contributed by atoms with E-state index in [9.17, 15) is 0 Å². The van der Waals surface area contributed by atoms with Crippen molar-refractivity contribution >= 4 is 172 Å². The van der Waals surface area contributed by atoms with Gasteiger partial charge in [0.05, 0.1) is 0 Å². The number of allylic oxidation sites excluding steroid dienone is 4. The van der Waals surface area contributed by atoms with Crippen LogP contribution in [-0.4, -0.2) is 13.4 Å². The van der Waals surface area contributed by atoms with E-state index in [1.165, 1.54) is 61.2 Å². The minimum absolute atomic E-state index is 0.00122. The smallest absolute Gasteiger partial charge is 0.252 e. The standard InChI is InChI=1S/C60H38B2Br4N4/c63-39-21-25-47-51(33-39)67(43-13-5-1-6-14-43)55-29-37(30-56-59(55)61(47)48-26-22-40(64)34-52(48)68(56)44-15-7-2-8-16-44)38-31-57-60-58(32-38)70(46-19-11-4-12-20-46)54-36-42(66)24-28-50(54)62(60)49-27-23-41(65)35-53(49)69(57)45-17-9-3-10-18-45/h1-11,13-19,21-36H,12,20H2. The second kappa shape index (κ2) is 16.7. The molecule has 10 heteroatoms. The number of hydrogen-bond acceptors (Lipinski definition) is 4. The number of benzene rings is 9. The summed E-state index contributed by atoms with van der Waals surface area (Å²) in [5.41, 5.74) is 24.0. The fourth-order valence-corrected chi connectivity index (χ4v) is 13.3. The molecule has 4 aliphatic heterocycles. The van der Waals surface area contributed by atoms with E-state index in [1.54, 1.807) is 0 Å². The van der Waals surface area contributed by atoms with Crippen molar-refractivity contribution in [2.24, 2.45) is 0 Å². The third-order valence-corrected chi connectivity index (χ3v) is 16.6. The molecule has 4 nitrogen and oxygen atoms in total. The monoisotopic (exact) mass is 1150 g/mol. The Labute approximate surface area is 442 Å². The van der Waals surface area contributed by atoms with Gasteiger partial charge in [0.2, 0.25) is 0 Å². The van der Waals surface area contributed by atoms with Crippen molar-refractivity contribution in [2.45, 2.75) is 12.8 Å². The summed E-state index contributed by atoms with van der Waals surface area (Å²) in [5.74, 6) is 0. The van der Waals surface area contributed by atoms with Crippen molar-refractivity contribution in [3.63, 3.8) is 0 Å². The zero-order valence-electron chi connectivity index (χ0n) is 37.5. The normalized spacial score (nSPS) is 14.6. The lowest BCUT2D eigenvalue weighted by Gasteiger charge is -2.45. The highest BCUT2D eigenvalue weighted by Crippen LogP contribution is 2.50. The van der Waals surface area contributed by atoms with Crippen LogP contribution in [0.1, 0.15) is 12.8 Å². The molecular formula is C60H38B2Br4N4. The Kier molecular flexibility index (Phi) is 10.1. The minimum Gasteiger partial charge on any atom is -0.315 e. The van der Waals surface area contributed by atoms with Crippen molar-refractivity contribution in [3.05, 3.63) is 230 Å². The Balaban J connectivity index is 1.12. The topological polar surface area (TPSA) is 13.0 Å². The summed E-state index contributed by atoms with van der Waals surface area (Å²) >= 11 is 15.7. The molecule has 0 atom stereocenters. The Bertz CT molecular complexity index is 3600. The van der Waals surface area contributed by atoms with E-state index < -0.39 is 0 Å². The van der Waals surface area contributed by atoms with Gasteiger partial charge in [-0.05, 0) is 172 Å². The van der Waals surface area contributed by atoms with Gasteiger partial charge in [-0.25, -0.2) is 0 Å². The quantitative estimate of drug-likeness (QED) is 0.159. The van der Waals surface area contributed by atoms with Crippen LogP contribution in [0.25, 0.3) is 11.1 Å². The number of fused-ring (bicyclic) bond motifs is 8.